The molecule has 2 amide bonds. The highest BCUT2D eigenvalue weighted by molar-refractivity contribution is 6.00. The Morgan fingerprint density at radius 3 is 2.69 bits per heavy atom. The Morgan fingerprint density at radius 1 is 1.22 bits per heavy atom. The summed E-state index contributed by atoms with van der Waals surface area (Å²) in [7, 11) is 1.48. The monoisotopic (exact) mass is 628 g/mol. The molecular weight excluding hydrogens is 590 g/mol. The molecule has 1 fully saturated rings. The number of nitrogens with zero attached hydrogens (tertiary/aromatic N) is 3. The van der Waals surface area contributed by atoms with Gasteiger partial charge in [-0.2, -0.15) is 0 Å². The third-order valence-electron chi connectivity index (χ3n) is 8.83. The molecule has 1 aromatic heterocycles. The molecule has 2 bridgehead atoms. The minimum Gasteiger partial charge on any atom is -0.482 e. The molecule has 0 radical (unpaired) electrons. The van der Waals surface area contributed by atoms with E-state index < -0.39 is 57.8 Å². The zero-order chi connectivity index (χ0) is 32.5. The lowest BCUT2D eigenvalue weighted by atomic mass is 9.85. The van der Waals surface area contributed by atoms with Crippen LogP contribution in [0.1, 0.15) is 98.2 Å². The van der Waals surface area contributed by atoms with Crippen LogP contribution >= 0.6 is 0 Å². The number of pyridine rings is 1. The van der Waals surface area contributed by atoms with E-state index in [1.807, 2.05) is 6.92 Å². The van der Waals surface area contributed by atoms with Crippen LogP contribution in [0, 0.1) is 17.6 Å². The minimum atomic E-state index is -0.970. The summed E-state index contributed by atoms with van der Waals surface area (Å²) in [5.74, 6) is -3.46. The average molecular weight is 629 g/mol. The number of hydrogen-bond donors (Lipinski definition) is 1. The fraction of sp³-hybridized carbons (Fsp3) is 0.531. The van der Waals surface area contributed by atoms with Gasteiger partial charge in [0.1, 0.15) is 17.2 Å². The molecule has 1 aromatic carbocycles. The Labute approximate surface area is 259 Å². The molecule has 45 heavy (non-hydrogen) atoms. The van der Waals surface area contributed by atoms with Crippen molar-refractivity contribution in [3.63, 3.8) is 0 Å². The molecule has 1 spiro atoms. The standard InChI is InChI=1S/C32H38F2N4O7/c1-18(2)7-5-6-8-26(39)44-29-27-31(42)37-17-24(32(12-11-19(37)3)14-25(43-4)36-45-32)38(27)16-22(28(29)40)30(41)35-15-20-9-10-21(33)13-23(20)34/h9-10,13,16,18-19,24H,5-8,11-12,14-15,17H2,1-4H3,(H,35,41)/t19-,24+,32-/m0/s1. The molecule has 3 aliphatic rings. The van der Waals surface area contributed by atoms with Crippen molar-refractivity contribution in [1.29, 1.82) is 0 Å². The van der Waals surface area contributed by atoms with Crippen molar-refractivity contribution in [2.24, 2.45) is 11.1 Å². The summed E-state index contributed by atoms with van der Waals surface area (Å²) in [5.41, 5.74) is -2.49. The van der Waals surface area contributed by atoms with Gasteiger partial charge in [-0.05, 0) is 38.2 Å². The Hall–Kier alpha value is -4.29. The predicted octanol–water partition coefficient (Wildman–Crippen LogP) is 4.48. The lowest BCUT2D eigenvalue weighted by Crippen LogP contribution is -2.52. The molecule has 5 rings (SSSR count). The van der Waals surface area contributed by atoms with E-state index in [-0.39, 0.29) is 43.2 Å². The molecule has 3 atom stereocenters. The van der Waals surface area contributed by atoms with Crippen LogP contribution in [0.15, 0.2) is 34.3 Å². The fourth-order valence-electron chi connectivity index (χ4n) is 6.20. The van der Waals surface area contributed by atoms with Crippen LogP contribution in [0.5, 0.6) is 5.75 Å². The third-order valence-corrected chi connectivity index (χ3v) is 8.83. The van der Waals surface area contributed by atoms with Gasteiger partial charge in [0.2, 0.25) is 17.1 Å². The molecule has 11 nitrogen and oxygen atoms in total. The quantitative estimate of drug-likeness (QED) is 0.320. The first-order valence-corrected chi connectivity index (χ1v) is 15.3. The molecule has 13 heteroatoms. The zero-order valence-corrected chi connectivity index (χ0v) is 25.9. The van der Waals surface area contributed by atoms with Crippen LogP contribution < -0.4 is 15.5 Å². The minimum absolute atomic E-state index is 0.00184. The van der Waals surface area contributed by atoms with Crippen molar-refractivity contribution in [2.45, 2.75) is 89.9 Å². The number of hydrogen-bond acceptors (Lipinski definition) is 8. The number of ether oxygens (including phenoxy) is 2. The fourth-order valence-corrected chi connectivity index (χ4v) is 6.20. The first kappa shape index (κ1) is 32.1. The number of unbranched alkanes of at least 4 members (excludes halogenated alkanes) is 1. The second kappa shape index (κ2) is 13.0. The van der Waals surface area contributed by atoms with Crippen molar-refractivity contribution < 1.29 is 37.5 Å². The lowest BCUT2D eigenvalue weighted by Gasteiger charge is -2.41. The Morgan fingerprint density at radius 2 is 2.00 bits per heavy atom. The van der Waals surface area contributed by atoms with Gasteiger partial charge in [-0.3, -0.25) is 19.2 Å². The number of halogens is 2. The number of benzene rings is 1. The SMILES string of the molecule is COC1=NO[C@@]2(CC[C@H](C)N3C[C@H]2n2cc(C(=O)NCc4ccc(F)cc4F)c(=O)c(OC(=O)CCCCC(C)C)c2C3=O)C1. The van der Waals surface area contributed by atoms with Gasteiger partial charge in [0.25, 0.3) is 11.8 Å². The van der Waals surface area contributed by atoms with Gasteiger partial charge in [0.05, 0.1) is 19.6 Å². The van der Waals surface area contributed by atoms with Crippen molar-refractivity contribution in [3.8, 4) is 5.75 Å². The summed E-state index contributed by atoms with van der Waals surface area (Å²) in [4.78, 5) is 62.0. The van der Waals surface area contributed by atoms with E-state index in [0.717, 1.165) is 18.9 Å². The molecule has 4 heterocycles. The van der Waals surface area contributed by atoms with Crippen LogP contribution in [0.4, 0.5) is 8.78 Å². The Kier molecular flexibility index (Phi) is 9.26. The van der Waals surface area contributed by atoms with Gasteiger partial charge in [-0.15, -0.1) is 0 Å². The first-order chi connectivity index (χ1) is 21.4. The van der Waals surface area contributed by atoms with E-state index in [4.69, 9.17) is 14.3 Å². The van der Waals surface area contributed by atoms with Crippen LogP contribution in [0.3, 0.4) is 0 Å². The number of carbonyl (C=O) groups is 3. The second-order valence-corrected chi connectivity index (χ2v) is 12.4. The number of fused-ring (bicyclic) bond motifs is 5. The van der Waals surface area contributed by atoms with E-state index in [0.29, 0.717) is 37.1 Å². The summed E-state index contributed by atoms with van der Waals surface area (Å²) in [5, 5.41) is 6.60. The number of rotatable bonds is 9. The summed E-state index contributed by atoms with van der Waals surface area (Å²) < 4.78 is 40.2. The molecule has 1 N–H and O–H groups in total. The number of amides is 2. The van der Waals surface area contributed by atoms with Crippen molar-refractivity contribution in [2.75, 3.05) is 13.7 Å². The number of nitrogens with one attached hydrogen (secondary N) is 1. The number of carbonyl (C=O) groups excluding carboxylic acids is 3. The molecule has 1 saturated heterocycles. The highest BCUT2D eigenvalue weighted by atomic mass is 19.1. The lowest BCUT2D eigenvalue weighted by molar-refractivity contribution is -0.134. The smallest absolute Gasteiger partial charge is 0.311 e. The van der Waals surface area contributed by atoms with Gasteiger partial charge in [-0.1, -0.05) is 37.9 Å². The maximum Gasteiger partial charge on any atom is 0.311 e. The zero-order valence-electron chi connectivity index (χ0n) is 25.9. The summed E-state index contributed by atoms with van der Waals surface area (Å²) in [6, 6.07) is 2.07. The molecule has 0 aliphatic carbocycles. The Bertz CT molecular complexity index is 1590. The highest BCUT2D eigenvalue weighted by Crippen LogP contribution is 2.46. The van der Waals surface area contributed by atoms with E-state index in [9.17, 15) is 28.0 Å². The second-order valence-electron chi connectivity index (χ2n) is 12.4. The maximum atomic E-state index is 14.3. The first-order valence-electron chi connectivity index (χ1n) is 15.3. The van der Waals surface area contributed by atoms with E-state index in [1.54, 1.807) is 4.90 Å². The summed E-state index contributed by atoms with van der Waals surface area (Å²) >= 11 is 0. The maximum absolute atomic E-state index is 14.3. The van der Waals surface area contributed by atoms with E-state index >= 15 is 0 Å². The van der Waals surface area contributed by atoms with E-state index in [1.165, 1.54) is 23.9 Å². The Balaban J connectivity index is 1.56. The van der Waals surface area contributed by atoms with E-state index in [2.05, 4.69) is 24.3 Å². The number of methoxy groups -OCH3 is 1. The van der Waals surface area contributed by atoms with Crippen LogP contribution in [-0.2, 0) is 20.9 Å². The molecular formula is C32H38F2N4O7. The molecule has 3 aliphatic heterocycles. The summed E-state index contributed by atoms with van der Waals surface area (Å²) in [6.45, 7) is 5.89. The van der Waals surface area contributed by atoms with Crippen molar-refractivity contribution >= 4 is 23.7 Å². The third kappa shape index (κ3) is 6.43. The van der Waals surface area contributed by atoms with Crippen molar-refractivity contribution in [1.82, 2.24) is 14.8 Å². The van der Waals surface area contributed by atoms with Gasteiger partial charge in [-0.25, -0.2) is 8.78 Å². The molecule has 0 unspecified atom stereocenters. The van der Waals surface area contributed by atoms with Gasteiger partial charge in [0.15, 0.2) is 11.3 Å². The van der Waals surface area contributed by atoms with Crippen molar-refractivity contribution in [3.05, 3.63) is 63.1 Å². The van der Waals surface area contributed by atoms with Crippen LogP contribution in [-0.4, -0.2) is 58.4 Å². The molecule has 2 aromatic rings. The van der Waals surface area contributed by atoms with Gasteiger partial charge in [0, 0.05) is 43.4 Å². The number of esters is 1. The van der Waals surface area contributed by atoms with Crippen LogP contribution in [0.2, 0.25) is 0 Å². The predicted molar refractivity (Wildman–Crippen MR) is 159 cm³/mol. The number of aromatic nitrogens is 1. The molecule has 0 saturated carbocycles. The topological polar surface area (TPSA) is 129 Å². The largest absolute Gasteiger partial charge is 0.482 e. The summed E-state index contributed by atoms with van der Waals surface area (Å²) in [6.07, 6.45) is 4.83. The molecule has 242 valence electrons. The van der Waals surface area contributed by atoms with Gasteiger partial charge >= 0.3 is 5.97 Å². The normalized spacial score (nSPS) is 22.1. The van der Waals surface area contributed by atoms with Crippen LogP contribution in [0.25, 0.3) is 0 Å². The highest BCUT2D eigenvalue weighted by Gasteiger charge is 2.55. The number of oxime groups is 1. The average Bonchev–Trinajstić information content (AvgIpc) is 3.38. The van der Waals surface area contributed by atoms with Gasteiger partial charge < -0.3 is 29.1 Å².